The van der Waals surface area contributed by atoms with Crippen molar-refractivity contribution in [2.24, 2.45) is 0 Å². The molecule has 1 aliphatic heterocycles. The lowest BCUT2D eigenvalue weighted by atomic mass is 9.95. The Morgan fingerprint density at radius 3 is 2.52 bits per heavy atom. The van der Waals surface area contributed by atoms with Crippen molar-refractivity contribution in [1.29, 1.82) is 0 Å². The summed E-state index contributed by atoms with van der Waals surface area (Å²) in [5.74, 6) is 0.124. The van der Waals surface area contributed by atoms with Gasteiger partial charge in [-0.05, 0) is 43.0 Å². The summed E-state index contributed by atoms with van der Waals surface area (Å²) >= 11 is 1.77. The number of amides is 1. The fourth-order valence-corrected chi connectivity index (χ4v) is 4.10. The van der Waals surface area contributed by atoms with E-state index in [0.29, 0.717) is 0 Å². The molecule has 25 heavy (non-hydrogen) atoms. The van der Waals surface area contributed by atoms with Crippen LogP contribution in [-0.4, -0.2) is 27.1 Å². The van der Waals surface area contributed by atoms with E-state index in [1.165, 1.54) is 0 Å². The monoisotopic (exact) mass is 354 g/mol. The van der Waals surface area contributed by atoms with Crippen molar-refractivity contribution in [2.45, 2.75) is 55.8 Å². The van der Waals surface area contributed by atoms with Gasteiger partial charge in [0.2, 0.25) is 0 Å². The van der Waals surface area contributed by atoms with Gasteiger partial charge in [-0.1, -0.05) is 45.0 Å². The molecule has 1 aliphatic rings. The van der Waals surface area contributed by atoms with Crippen molar-refractivity contribution in [2.75, 3.05) is 6.54 Å². The van der Waals surface area contributed by atoms with Crippen LogP contribution in [0.2, 0.25) is 0 Å². The van der Waals surface area contributed by atoms with Crippen LogP contribution in [0.3, 0.4) is 0 Å². The number of benzene rings is 1. The van der Waals surface area contributed by atoms with Crippen LogP contribution in [0.1, 0.15) is 62.0 Å². The molecule has 0 aliphatic carbocycles. The average Bonchev–Trinajstić information content (AvgIpc) is 2.61. The molecule has 132 valence electrons. The third-order valence-electron chi connectivity index (χ3n) is 4.34. The lowest BCUT2D eigenvalue weighted by Crippen LogP contribution is -2.38. The lowest BCUT2D eigenvalue weighted by molar-refractivity contribution is 0.0611. The van der Waals surface area contributed by atoms with Crippen LogP contribution in [0.5, 0.6) is 0 Å². The zero-order valence-corrected chi connectivity index (χ0v) is 16.1. The summed E-state index contributed by atoms with van der Waals surface area (Å²) in [4.78, 5) is 19.6. The Morgan fingerprint density at radius 2 is 1.88 bits per heavy atom. The van der Waals surface area contributed by atoms with Crippen LogP contribution in [-0.2, 0) is 0 Å². The number of nitrogens with zero attached hydrogens (tertiary/aromatic N) is 2. The largest absolute Gasteiger partial charge is 0.332 e. The second-order valence-electron chi connectivity index (χ2n) is 7.52. The topological polar surface area (TPSA) is 33.2 Å². The molecular formula is C21H26N2OS. The Kier molecular flexibility index (Phi) is 5.48. The van der Waals surface area contributed by atoms with Gasteiger partial charge < -0.3 is 4.90 Å². The van der Waals surface area contributed by atoms with Crippen molar-refractivity contribution in [3.8, 4) is 0 Å². The highest BCUT2D eigenvalue weighted by Crippen LogP contribution is 2.34. The van der Waals surface area contributed by atoms with E-state index in [9.17, 15) is 4.79 Å². The maximum atomic E-state index is 12.9. The number of rotatable bonds is 3. The van der Waals surface area contributed by atoms with Gasteiger partial charge in [0.25, 0.3) is 5.91 Å². The molecule has 1 atom stereocenters. The summed E-state index contributed by atoms with van der Waals surface area (Å²) in [5, 5.41) is 1.04. The Hall–Kier alpha value is -1.81. The molecule has 0 saturated carbocycles. The third kappa shape index (κ3) is 4.63. The zero-order valence-electron chi connectivity index (χ0n) is 15.2. The fourth-order valence-electron chi connectivity index (χ4n) is 3.23. The normalized spacial score (nSPS) is 18.2. The number of pyridine rings is 1. The number of aromatic nitrogens is 1. The average molecular weight is 355 g/mol. The van der Waals surface area contributed by atoms with Gasteiger partial charge in [-0.3, -0.25) is 4.79 Å². The predicted octanol–water partition coefficient (Wildman–Crippen LogP) is 5.34. The predicted molar refractivity (Wildman–Crippen MR) is 104 cm³/mol. The minimum atomic E-state index is 0.124. The number of likely N-dealkylation sites (tertiary alicyclic amines) is 1. The molecule has 2 aromatic rings. The zero-order chi connectivity index (χ0) is 17.9. The van der Waals surface area contributed by atoms with Gasteiger partial charge >= 0.3 is 0 Å². The first-order valence-electron chi connectivity index (χ1n) is 8.95. The minimum absolute atomic E-state index is 0.124. The Morgan fingerprint density at radius 1 is 1.12 bits per heavy atom. The van der Waals surface area contributed by atoms with E-state index < -0.39 is 0 Å². The summed E-state index contributed by atoms with van der Waals surface area (Å²) in [5.41, 5.74) is 1.91. The smallest absolute Gasteiger partial charge is 0.254 e. The summed E-state index contributed by atoms with van der Waals surface area (Å²) in [7, 11) is 0. The summed E-state index contributed by atoms with van der Waals surface area (Å²) in [6.07, 6.45) is 5.18. The van der Waals surface area contributed by atoms with Gasteiger partial charge in [0.05, 0.1) is 11.1 Å². The van der Waals surface area contributed by atoms with E-state index in [1.54, 1.807) is 11.8 Å². The first-order valence-corrected chi connectivity index (χ1v) is 9.77. The van der Waals surface area contributed by atoms with Crippen molar-refractivity contribution >= 4 is 17.7 Å². The van der Waals surface area contributed by atoms with Gasteiger partial charge in [-0.2, -0.15) is 0 Å². The van der Waals surface area contributed by atoms with E-state index in [0.717, 1.165) is 42.0 Å². The van der Waals surface area contributed by atoms with Crippen LogP contribution >= 0.6 is 11.8 Å². The molecule has 1 unspecified atom stereocenters. The number of carbonyl (C=O) groups excluding carboxylic acids is 1. The fraction of sp³-hybridized carbons (Fsp3) is 0.429. The molecule has 1 aromatic carbocycles. The van der Waals surface area contributed by atoms with E-state index in [4.69, 9.17) is 0 Å². The molecule has 1 saturated heterocycles. The maximum Gasteiger partial charge on any atom is 0.254 e. The van der Waals surface area contributed by atoms with Crippen LogP contribution < -0.4 is 0 Å². The first kappa shape index (κ1) is 18.0. The van der Waals surface area contributed by atoms with Gasteiger partial charge in [0.15, 0.2) is 0 Å². The molecule has 4 heteroatoms. The van der Waals surface area contributed by atoms with E-state index in [1.807, 2.05) is 41.4 Å². The number of hydrogen-bond donors (Lipinski definition) is 0. The van der Waals surface area contributed by atoms with Crippen LogP contribution in [0.4, 0.5) is 0 Å². The second-order valence-corrected chi connectivity index (χ2v) is 9.37. The van der Waals surface area contributed by atoms with Crippen molar-refractivity contribution in [3.05, 3.63) is 59.8 Å². The van der Waals surface area contributed by atoms with E-state index in [2.05, 4.69) is 37.9 Å². The van der Waals surface area contributed by atoms with Crippen LogP contribution in [0.15, 0.2) is 53.7 Å². The number of hydrogen-bond acceptors (Lipinski definition) is 3. The highest BCUT2D eigenvalue weighted by atomic mass is 32.2. The molecule has 3 rings (SSSR count). The maximum absolute atomic E-state index is 12.9. The van der Waals surface area contributed by atoms with Crippen molar-refractivity contribution in [3.63, 3.8) is 0 Å². The van der Waals surface area contributed by atoms with Gasteiger partial charge in [-0.15, -0.1) is 11.8 Å². The van der Waals surface area contributed by atoms with Gasteiger partial charge in [-0.25, -0.2) is 4.98 Å². The molecule has 1 fully saturated rings. The number of carbonyl (C=O) groups is 1. The molecule has 0 N–H and O–H groups in total. The molecule has 0 radical (unpaired) electrons. The standard InChI is InChI=1S/C21H26N2OS/c1-21(2,3)25-19-13-12-17(15-22-19)18-11-7-8-14-23(18)20(24)16-9-5-4-6-10-16/h4-6,9-10,12-13,15,18H,7-8,11,14H2,1-3H3. The van der Waals surface area contributed by atoms with Crippen LogP contribution in [0, 0.1) is 0 Å². The highest BCUT2D eigenvalue weighted by Gasteiger charge is 2.29. The second kappa shape index (κ2) is 7.61. The Bertz CT molecular complexity index is 707. The summed E-state index contributed by atoms with van der Waals surface area (Å²) in [6.45, 7) is 7.38. The third-order valence-corrected chi connectivity index (χ3v) is 5.40. The molecule has 1 aromatic heterocycles. The number of thioether (sulfide) groups is 1. The quantitative estimate of drug-likeness (QED) is 0.698. The molecular weight excluding hydrogens is 328 g/mol. The van der Waals surface area contributed by atoms with Crippen molar-refractivity contribution in [1.82, 2.24) is 9.88 Å². The number of piperidine rings is 1. The Labute approximate surface area is 154 Å². The van der Waals surface area contributed by atoms with Gasteiger partial charge in [0.1, 0.15) is 0 Å². The van der Waals surface area contributed by atoms with E-state index in [-0.39, 0.29) is 16.7 Å². The van der Waals surface area contributed by atoms with E-state index >= 15 is 0 Å². The lowest BCUT2D eigenvalue weighted by Gasteiger charge is -2.36. The molecule has 0 bridgehead atoms. The molecule has 2 heterocycles. The minimum Gasteiger partial charge on any atom is -0.332 e. The summed E-state index contributed by atoms with van der Waals surface area (Å²) in [6, 6.07) is 13.9. The van der Waals surface area contributed by atoms with Crippen molar-refractivity contribution < 1.29 is 4.79 Å². The van der Waals surface area contributed by atoms with Gasteiger partial charge in [0, 0.05) is 23.1 Å². The first-order chi connectivity index (χ1) is 11.9. The molecule has 3 nitrogen and oxygen atoms in total. The van der Waals surface area contributed by atoms with Crippen LogP contribution in [0.25, 0.3) is 0 Å². The molecule has 0 spiro atoms. The highest BCUT2D eigenvalue weighted by molar-refractivity contribution is 8.00. The SMILES string of the molecule is CC(C)(C)Sc1ccc(C2CCCCN2C(=O)c2ccccc2)cn1. The summed E-state index contributed by atoms with van der Waals surface area (Å²) < 4.78 is 0.147. The molecule has 1 amide bonds. The Balaban J connectivity index is 1.80.